The maximum atomic E-state index is 12.8. The van der Waals surface area contributed by atoms with Gasteiger partial charge in [-0.25, -0.2) is 0 Å². The van der Waals surface area contributed by atoms with Crippen molar-refractivity contribution in [2.45, 2.75) is 6.54 Å². The van der Waals surface area contributed by atoms with E-state index in [2.05, 4.69) is 0 Å². The van der Waals surface area contributed by atoms with Gasteiger partial charge in [0.05, 0.1) is 23.5 Å². The Labute approximate surface area is 176 Å². The molecule has 1 fully saturated rings. The van der Waals surface area contributed by atoms with Gasteiger partial charge in [-0.15, -0.1) is 0 Å². The quantitative estimate of drug-likeness (QED) is 0.328. The third kappa shape index (κ3) is 3.65. The van der Waals surface area contributed by atoms with Gasteiger partial charge in [0.2, 0.25) is 5.75 Å². The number of thioether (sulfide) groups is 1. The number of hydrogen-bond donors (Lipinski definition) is 0. The number of fused-ring (bicyclic) bond motifs is 1. The van der Waals surface area contributed by atoms with E-state index in [-0.39, 0.29) is 28.1 Å². The number of amides is 2. The highest BCUT2D eigenvalue weighted by Crippen LogP contribution is 2.37. The number of nitro benzene ring substituents is 1. The van der Waals surface area contributed by atoms with E-state index in [9.17, 15) is 19.7 Å². The number of benzene rings is 3. The fraction of sp³-hybridized carbons (Fsp3) is 0.0909. The predicted octanol–water partition coefficient (Wildman–Crippen LogP) is 4.99. The van der Waals surface area contributed by atoms with Crippen LogP contribution in [0.25, 0.3) is 16.8 Å². The fourth-order valence-corrected chi connectivity index (χ4v) is 4.15. The van der Waals surface area contributed by atoms with E-state index in [4.69, 9.17) is 4.74 Å². The normalized spacial score (nSPS) is 15.2. The average molecular weight is 420 g/mol. The Kier molecular flexibility index (Phi) is 5.24. The molecule has 2 amide bonds. The van der Waals surface area contributed by atoms with Crippen molar-refractivity contribution in [1.82, 2.24) is 4.90 Å². The molecule has 150 valence electrons. The molecule has 7 nitrogen and oxygen atoms in total. The maximum absolute atomic E-state index is 12.8. The second-order valence-corrected chi connectivity index (χ2v) is 7.60. The summed E-state index contributed by atoms with van der Waals surface area (Å²) in [6, 6.07) is 18.1. The number of ether oxygens (including phenoxy) is 1. The molecule has 0 bridgehead atoms. The van der Waals surface area contributed by atoms with Crippen LogP contribution in [-0.2, 0) is 11.3 Å². The molecule has 0 atom stereocenters. The zero-order chi connectivity index (χ0) is 21.3. The number of nitrogens with zero attached hydrogens (tertiary/aromatic N) is 2. The van der Waals surface area contributed by atoms with Crippen molar-refractivity contribution in [3.05, 3.63) is 86.8 Å². The van der Waals surface area contributed by atoms with Crippen molar-refractivity contribution in [2.75, 3.05) is 7.11 Å². The molecule has 8 heteroatoms. The van der Waals surface area contributed by atoms with E-state index in [0.29, 0.717) is 5.56 Å². The van der Waals surface area contributed by atoms with Crippen LogP contribution in [0.3, 0.4) is 0 Å². The van der Waals surface area contributed by atoms with E-state index in [1.54, 1.807) is 6.07 Å². The first kappa shape index (κ1) is 19.7. The molecule has 0 spiro atoms. The molecule has 30 heavy (non-hydrogen) atoms. The van der Waals surface area contributed by atoms with E-state index in [1.807, 2.05) is 42.5 Å². The average Bonchev–Trinajstić information content (AvgIpc) is 3.00. The molecule has 3 aromatic carbocycles. The van der Waals surface area contributed by atoms with Crippen LogP contribution in [0, 0.1) is 10.1 Å². The smallest absolute Gasteiger partial charge is 0.311 e. The van der Waals surface area contributed by atoms with Crippen molar-refractivity contribution < 1.29 is 19.2 Å². The van der Waals surface area contributed by atoms with Crippen molar-refractivity contribution in [1.29, 1.82) is 0 Å². The highest BCUT2D eigenvalue weighted by atomic mass is 32.2. The molecule has 3 aromatic rings. The summed E-state index contributed by atoms with van der Waals surface area (Å²) in [5.74, 6) is -0.393. The van der Waals surface area contributed by atoms with Crippen LogP contribution < -0.4 is 4.74 Å². The summed E-state index contributed by atoms with van der Waals surface area (Å²) >= 11 is 0.806. The molecule has 1 aliphatic heterocycles. The zero-order valence-electron chi connectivity index (χ0n) is 15.9. The summed E-state index contributed by atoms with van der Waals surface area (Å²) in [6.45, 7) is 0.152. The van der Waals surface area contributed by atoms with Gasteiger partial charge in [-0.2, -0.15) is 0 Å². The van der Waals surface area contributed by atoms with Crippen molar-refractivity contribution in [3.8, 4) is 5.75 Å². The third-order valence-corrected chi connectivity index (χ3v) is 5.65. The second-order valence-electron chi connectivity index (χ2n) is 6.61. The fourth-order valence-electron chi connectivity index (χ4n) is 3.32. The summed E-state index contributed by atoms with van der Waals surface area (Å²) in [7, 11) is 1.32. The minimum Gasteiger partial charge on any atom is -0.490 e. The first-order valence-electron chi connectivity index (χ1n) is 9.02. The van der Waals surface area contributed by atoms with Crippen LogP contribution >= 0.6 is 11.8 Å². The number of carbonyl (C=O) groups is 2. The predicted molar refractivity (Wildman–Crippen MR) is 115 cm³/mol. The molecule has 0 N–H and O–H groups in total. The van der Waals surface area contributed by atoms with E-state index < -0.39 is 10.8 Å². The Hall–Kier alpha value is -3.65. The van der Waals surface area contributed by atoms with Crippen molar-refractivity contribution >= 4 is 45.4 Å². The molecule has 0 unspecified atom stereocenters. The molecular formula is C22H16N2O5S. The highest BCUT2D eigenvalue weighted by molar-refractivity contribution is 8.18. The summed E-state index contributed by atoms with van der Waals surface area (Å²) in [5, 5.41) is 12.9. The lowest BCUT2D eigenvalue weighted by Gasteiger charge is -2.13. The third-order valence-electron chi connectivity index (χ3n) is 4.74. The first-order chi connectivity index (χ1) is 14.5. The number of hydrogen-bond acceptors (Lipinski definition) is 6. The Morgan fingerprint density at radius 1 is 1.07 bits per heavy atom. The largest absolute Gasteiger partial charge is 0.490 e. The van der Waals surface area contributed by atoms with Gasteiger partial charge in [0.25, 0.3) is 11.1 Å². The number of methoxy groups -OCH3 is 1. The molecule has 0 aromatic heterocycles. The Morgan fingerprint density at radius 3 is 2.57 bits per heavy atom. The van der Waals surface area contributed by atoms with E-state index in [1.165, 1.54) is 30.2 Å². The monoisotopic (exact) mass is 420 g/mol. The summed E-state index contributed by atoms with van der Waals surface area (Å²) in [6.07, 6.45) is 1.46. The molecule has 0 aliphatic carbocycles. The van der Waals surface area contributed by atoms with E-state index in [0.717, 1.165) is 28.1 Å². The second kappa shape index (κ2) is 8.00. The molecular weight excluding hydrogens is 404 g/mol. The standard InChI is InChI=1S/C22H16N2O5S/c1-29-20-17(7-4-8-18(20)24(27)28)12-19-21(25)23(22(26)30-19)13-14-9-10-15-5-2-3-6-16(15)11-14/h2-12H,13H2,1H3/b19-12-. The van der Waals surface area contributed by atoms with Gasteiger partial charge in [-0.3, -0.25) is 24.6 Å². The molecule has 0 radical (unpaired) electrons. The molecule has 1 aliphatic rings. The van der Waals surface area contributed by atoms with Gasteiger partial charge in [0.1, 0.15) is 0 Å². The van der Waals surface area contributed by atoms with Crippen LogP contribution in [0.2, 0.25) is 0 Å². The van der Waals surface area contributed by atoms with Gasteiger partial charge in [-0.05, 0) is 40.2 Å². The number of imide groups is 1. The number of para-hydroxylation sites is 1. The minimum absolute atomic E-state index is 0.0452. The Balaban J connectivity index is 1.62. The highest BCUT2D eigenvalue weighted by Gasteiger charge is 2.35. The summed E-state index contributed by atoms with van der Waals surface area (Å²) in [5.41, 5.74) is 0.995. The van der Waals surface area contributed by atoms with Crippen LogP contribution in [0.15, 0.2) is 65.6 Å². The van der Waals surface area contributed by atoms with Gasteiger partial charge in [-0.1, -0.05) is 48.5 Å². The van der Waals surface area contributed by atoms with Gasteiger partial charge in [0, 0.05) is 11.6 Å². The van der Waals surface area contributed by atoms with E-state index >= 15 is 0 Å². The number of nitro groups is 1. The van der Waals surface area contributed by atoms with Crippen molar-refractivity contribution in [2.24, 2.45) is 0 Å². The molecule has 1 heterocycles. The minimum atomic E-state index is -0.554. The molecule has 0 saturated carbocycles. The summed E-state index contributed by atoms with van der Waals surface area (Å²) < 4.78 is 5.17. The molecule has 1 saturated heterocycles. The first-order valence-corrected chi connectivity index (χ1v) is 9.84. The van der Waals surface area contributed by atoms with Crippen LogP contribution in [0.1, 0.15) is 11.1 Å². The lowest BCUT2D eigenvalue weighted by molar-refractivity contribution is -0.385. The van der Waals surface area contributed by atoms with Gasteiger partial charge >= 0.3 is 5.69 Å². The van der Waals surface area contributed by atoms with Crippen LogP contribution in [0.5, 0.6) is 5.75 Å². The number of carbonyl (C=O) groups excluding carboxylic acids is 2. The Morgan fingerprint density at radius 2 is 1.83 bits per heavy atom. The van der Waals surface area contributed by atoms with Gasteiger partial charge in [0.15, 0.2) is 0 Å². The molecule has 4 rings (SSSR count). The Bertz CT molecular complexity index is 1220. The summed E-state index contributed by atoms with van der Waals surface area (Å²) in [4.78, 5) is 37.3. The topological polar surface area (TPSA) is 89.8 Å². The number of rotatable bonds is 5. The van der Waals surface area contributed by atoms with Crippen LogP contribution in [-0.4, -0.2) is 28.1 Å². The SMILES string of the molecule is COc1c(/C=C2\SC(=O)N(Cc3ccc4ccccc4c3)C2=O)cccc1[N+](=O)[O-]. The van der Waals surface area contributed by atoms with Crippen molar-refractivity contribution in [3.63, 3.8) is 0 Å². The maximum Gasteiger partial charge on any atom is 0.311 e. The lowest BCUT2D eigenvalue weighted by Crippen LogP contribution is -2.27. The lowest BCUT2D eigenvalue weighted by atomic mass is 10.1. The zero-order valence-corrected chi connectivity index (χ0v) is 16.7. The van der Waals surface area contributed by atoms with Gasteiger partial charge < -0.3 is 4.74 Å². The van der Waals surface area contributed by atoms with Crippen LogP contribution in [0.4, 0.5) is 10.5 Å².